The third-order valence-corrected chi connectivity index (χ3v) is 3.72. The maximum atomic E-state index is 8.73. The number of hydrogen-bond donors (Lipinski definition) is 3. The Bertz CT molecular complexity index is 452. The van der Waals surface area contributed by atoms with Crippen LogP contribution in [0.15, 0.2) is 23.4 Å². The summed E-state index contributed by atoms with van der Waals surface area (Å²) in [5.41, 5.74) is 7.29. The Labute approximate surface area is 124 Å². The molecule has 20 heavy (non-hydrogen) atoms. The Morgan fingerprint density at radius 1 is 1.55 bits per heavy atom. The second-order valence-corrected chi connectivity index (χ2v) is 5.56. The number of rotatable bonds is 8. The maximum Gasteiger partial charge on any atom is 0.170 e. The molecule has 0 saturated heterocycles. The molecule has 1 aromatic rings. The molecule has 4 N–H and O–H groups in total. The predicted molar refractivity (Wildman–Crippen MR) is 84.8 cm³/mol. The fourth-order valence-corrected chi connectivity index (χ4v) is 2.40. The van der Waals surface area contributed by atoms with Crippen molar-refractivity contribution in [2.75, 3.05) is 19.1 Å². The third kappa shape index (κ3) is 4.94. The molecule has 5 nitrogen and oxygen atoms in total. The summed E-state index contributed by atoms with van der Waals surface area (Å²) in [5, 5.41) is 15.2. The SMILES string of the molecule is COc1ccc(/C(N)=N/O)cc1CNC(C)CCSC. The van der Waals surface area contributed by atoms with Crippen LogP contribution >= 0.6 is 11.8 Å². The number of thioether (sulfide) groups is 1. The van der Waals surface area contributed by atoms with E-state index in [1.807, 2.05) is 23.9 Å². The van der Waals surface area contributed by atoms with Crippen molar-refractivity contribution in [1.29, 1.82) is 0 Å². The van der Waals surface area contributed by atoms with E-state index in [1.54, 1.807) is 13.2 Å². The summed E-state index contributed by atoms with van der Waals surface area (Å²) in [5.74, 6) is 2.03. The normalized spacial score (nSPS) is 13.2. The van der Waals surface area contributed by atoms with E-state index in [1.165, 1.54) is 0 Å². The van der Waals surface area contributed by atoms with E-state index < -0.39 is 0 Å². The van der Waals surface area contributed by atoms with Crippen molar-refractivity contribution in [1.82, 2.24) is 5.32 Å². The lowest BCUT2D eigenvalue weighted by Crippen LogP contribution is -2.26. The zero-order valence-corrected chi connectivity index (χ0v) is 13.0. The van der Waals surface area contributed by atoms with Gasteiger partial charge >= 0.3 is 0 Å². The first-order chi connectivity index (χ1) is 9.62. The Morgan fingerprint density at radius 2 is 2.30 bits per heavy atom. The summed E-state index contributed by atoms with van der Waals surface area (Å²) in [6.45, 7) is 2.85. The molecule has 0 aliphatic heterocycles. The Balaban J connectivity index is 2.76. The van der Waals surface area contributed by atoms with Crippen molar-refractivity contribution in [3.8, 4) is 5.75 Å². The van der Waals surface area contributed by atoms with Crippen molar-refractivity contribution in [3.05, 3.63) is 29.3 Å². The number of nitrogens with zero attached hydrogens (tertiary/aromatic N) is 1. The van der Waals surface area contributed by atoms with Gasteiger partial charge in [-0.3, -0.25) is 0 Å². The van der Waals surface area contributed by atoms with E-state index in [0.717, 1.165) is 23.5 Å². The van der Waals surface area contributed by atoms with Crippen LogP contribution in [0, 0.1) is 0 Å². The quantitative estimate of drug-likeness (QED) is 0.296. The minimum absolute atomic E-state index is 0.101. The summed E-state index contributed by atoms with van der Waals surface area (Å²) < 4.78 is 5.34. The molecule has 0 radical (unpaired) electrons. The highest BCUT2D eigenvalue weighted by Crippen LogP contribution is 2.20. The van der Waals surface area contributed by atoms with Crippen LogP contribution in [0.3, 0.4) is 0 Å². The van der Waals surface area contributed by atoms with Gasteiger partial charge in [0.2, 0.25) is 0 Å². The maximum absolute atomic E-state index is 8.73. The van der Waals surface area contributed by atoms with Gasteiger partial charge in [-0.2, -0.15) is 11.8 Å². The van der Waals surface area contributed by atoms with Gasteiger partial charge in [0.15, 0.2) is 5.84 Å². The van der Waals surface area contributed by atoms with E-state index in [4.69, 9.17) is 15.7 Å². The Hall–Kier alpha value is -1.40. The van der Waals surface area contributed by atoms with Crippen molar-refractivity contribution in [3.63, 3.8) is 0 Å². The number of nitrogens with two attached hydrogens (primary N) is 1. The second-order valence-electron chi connectivity index (χ2n) is 4.58. The van der Waals surface area contributed by atoms with Crippen LogP contribution in [0.5, 0.6) is 5.75 Å². The monoisotopic (exact) mass is 297 g/mol. The zero-order valence-electron chi connectivity index (χ0n) is 12.2. The number of amidine groups is 1. The van der Waals surface area contributed by atoms with Gasteiger partial charge in [0, 0.05) is 23.7 Å². The van der Waals surface area contributed by atoms with Crippen LogP contribution in [0.4, 0.5) is 0 Å². The topological polar surface area (TPSA) is 79.9 Å². The molecule has 0 saturated carbocycles. The molecule has 1 rings (SSSR count). The van der Waals surface area contributed by atoms with Crippen molar-refractivity contribution in [2.45, 2.75) is 25.9 Å². The number of methoxy groups -OCH3 is 1. The van der Waals surface area contributed by atoms with E-state index in [0.29, 0.717) is 18.2 Å². The minimum atomic E-state index is 0.101. The van der Waals surface area contributed by atoms with E-state index in [2.05, 4.69) is 23.7 Å². The molecule has 0 fully saturated rings. The summed E-state index contributed by atoms with van der Waals surface area (Å²) in [7, 11) is 1.64. The smallest absolute Gasteiger partial charge is 0.170 e. The Morgan fingerprint density at radius 3 is 2.90 bits per heavy atom. The van der Waals surface area contributed by atoms with Crippen molar-refractivity contribution < 1.29 is 9.94 Å². The molecule has 1 aromatic carbocycles. The van der Waals surface area contributed by atoms with Gasteiger partial charge < -0.3 is 21.0 Å². The highest BCUT2D eigenvalue weighted by atomic mass is 32.2. The fraction of sp³-hybridized carbons (Fsp3) is 0.500. The van der Waals surface area contributed by atoms with Gasteiger partial charge in [-0.1, -0.05) is 5.16 Å². The van der Waals surface area contributed by atoms with Gasteiger partial charge in [-0.15, -0.1) is 0 Å². The van der Waals surface area contributed by atoms with Crippen molar-refractivity contribution in [2.24, 2.45) is 10.9 Å². The van der Waals surface area contributed by atoms with Crippen molar-refractivity contribution >= 4 is 17.6 Å². The minimum Gasteiger partial charge on any atom is -0.496 e. The first-order valence-electron chi connectivity index (χ1n) is 6.49. The van der Waals surface area contributed by atoms with Gasteiger partial charge in [0.05, 0.1) is 7.11 Å². The van der Waals surface area contributed by atoms with Gasteiger partial charge in [-0.05, 0) is 43.6 Å². The fourth-order valence-electron chi connectivity index (χ4n) is 1.81. The molecule has 1 atom stereocenters. The average Bonchev–Trinajstić information content (AvgIpc) is 2.49. The molecule has 1 unspecified atom stereocenters. The number of ether oxygens (including phenoxy) is 1. The molecular formula is C14H23N3O2S. The number of oxime groups is 1. The lowest BCUT2D eigenvalue weighted by atomic mass is 10.1. The lowest BCUT2D eigenvalue weighted by molar-refractivity contribution is 0.318. The van der Waals surface area contributed by atoms with Gasteiger partial charge in [0.25, 0.3) is 0 Å². The molecule has 0 heterocycles. The largest absolute Gasteiger partial charge is 0.496 e. The number of hydrogen-bond acceptors (Lipinski definition) is 5. The molecule has 0 spiro atoms. The van der Waals surface area contributed by atoms with E-state index in [-0.39, 0.29) is 5.84 Å². The van der Waals surface area contributed by atoms with Crippen LogP contribution in [0.25, 0.3) is 0 Å². The molecular weight excluding hydrogens is 274 g/mol. The molecule has 0 aliphatic carbocycles. The molecule has 0 amide bonds. The van der Waals surface area contributed by atoms with Crippen LogP contribution < -0.4 is 15.8 Å². The van der Waals surface area contributed by atoms with Crippen LogP contribution in [-0.2, 0) is 6.54 Å². The molecule has 6 heteroatoms. The summed E-state index contributed by atoms with van der Waals surface area (Å²) in [6, 6.07) is 5.91. The first kappa shape index (κ1) is 16.7. The van der Waals surface area contributed by atoms with Gasteiger partial charge in [0.1, 0.15) is 5.75 Å². The zero-order chi connectivity index (χ0) is 15.0. The van der Waals surface area contributed by atoms with Crippen LogP contribution in [0.1, 0.15) is 24.5 Å². The summed E-state index contributed by atoms with van der Waals surface area (Å²) >= 11 is 1.84. The highest BCUT2D eigenvalue weighted by molar-refractivity contribution is 7.98. The first-order valence-corrected chi connectivity index (χ1v) is 7.88. The standard InChI is InChI=1S/C14H23N3O2S/c1-10(6-7-20-3)16-9-12-8-11(14(15)17-18)4-5-13(12)19-2/h4-5,8,10,16,18H,6-7,9H2,1-3H3,(H2,15,17). The molecule has 112 valence electrons. The number of benzene rings is 1. The van der Waals surface area contributed by atoms with Crippen LogP contribution in [0.2, 0.25) is 0 Å². The van der Waals surface area contributed by atoms with E-state index in [9.17, 15) is 0 Å². The summed E-state index contributed by atoms with van der Waals surface area (Å²) in [4.78, 5) is 0. The molecule has 0 aromatic heterocycles. The summed E-state index contributed by atoms with van der Waals surface area (Å²) in [6.07, 6.45) is 3.22. The highest BCUT2D eigenvalue weighted by Gasteiger charge is 2.08. The number of nitrogens with one attached hydrogen (secondary N) is 1. The molecule has 0 aliphatic rings. The average molecular weight is 297 g/mol. The van der Waals surface area contributed by atoms with Crippen LogP contribution in [-0.4, -0.2) is 36.2 Å². The molecule has 0 bridgehead atoms. The van der Waals surface area contributed by atoms with Gasteiger partial charge in [-0.25, -0.2) is 0 Å². The second kappa shape index (κ2) is 8.71. The third-order valence-electron chi connectivity index (χ3n) is 3.08. The lowest BCUT2D eigenvalue weighted by Gasteiger charge is -2.15. The predicted octanol–water partition coefficient (Wildman–Crippen LogP) is 2.02. The Kier molecular flexibility index (Phi) is 7.25. The van der Waals surface area contributed by atoms with E-state index >= 15 is 0 Å².